The SMILES string of the molecule is Nc1cc(C(=O)NS(=O)(=O)C2CC2)ccc1Cl. The van der Waals surface area contributed by atoms with Crippen LogP contribution >= 0.6 is 11.6 Å². The van der Waals surface area contributed by atoms with E-state index in [2.05, 4.69) is 0 Å². The van der Waals surface area contributed by atoms with Gasteiger partial charge in [0.1, 0.15) is 0 Å². The summed E-state index contributed by atoms with van der Waals surface area (Å²) in [6.45, 7) is 0. The van der Waals surface area contributed by atoms with Gasteiger partial charge in [0.15, 0.2) is 0 Å². The summed E-state index contributed by atoms with van der Waals surface area (Å²) >= 11 is 5.70. The molecule has 7 heteroatoms. The lowest BCUT2D eigenvalue weighted by Gasteiger charge is -2.06. The molecule has 3 N–H and O–H groups in total. The highest BCUT2D eigenvalue weighted by Gasteiger charge is 2.36. The maximum Gasteiger partial charge on any atom is 0.264 e. The van der Waals surface area contributed by atoms with Crippen molar-refractivity contribution in [1.29, 1.82) is 0 Å². The Labute approximate surface area is 104 Å². The van der Waals surface area contributed by atoms with Crippen molar-refractivity contribution in [2.75, 3.05) is 5.73 Å². The van der Waals surface area contributed by atoms with Crippen LogP contribution in [0.2, 0.25) is 5.02 Å². The highest BCUT2D eigenvalue weighted by molar-refractivity contribution is 7.91. The fraction of sp³-hybridized carbons (Fsp3) is 0.300. The van der Waals surface area contributed by atoms with Crippen molar-refractivity contribution in [2.45, 2.75) is 18.1 Å². The lowest BCUT2D eigenvalue weighted by atomic mass is 10.2. The molecule has 1 aromatic rings. The van der Waals surface area contributed by atoms with E-state index in [1.54, 1.807) is 0 Å². The lowest BCUT2D eigenvalue weighted by Crippen LogP contribution is -2.33. The third-order valence-corrected chi connectivity index (χ3v) is 4.62. The minimum Gasteiger partial charge on any atom is -0.398 e. The molecule has 17 heavy (non-hydrogen) atoms. The number of hydrogen-bond acceptors (Lipinski definition) is 4. The minimum atomic E-state index is -3.53. The summed E-state index contributed by atoms with van der Waals surface area (Å²) in [4.78, 5) is 11.7. The van der Waals surface area contributed by atoms with Crippen molar-refractivity contribution in [3.63, 3.8) is 0 Å². The summed E-state index contributed by atoms with van der Waals surface area (Å²) in [7, 11) is -3.53. The Balaban J connectivity index is 2.17. The first-order valence-corrected chi connectivity index (χ1v) is 6.93. The number of nitrogen functional groups attached to an aromatic ring is 1. The topological polar surface area (TPSA) is 89.3 Å². The van der Waals surface area contributed by atoms with Gasteiger partial charge in [0.2, 0.25) is 10.0 Å². The summed E-state index contributed by atoms with van der Waals surface area (Å²) < 4.78 is 25.1. The molecule has 0 radical (unpaired) electrons. The average molecular weight is 275 g/mol. The molecule has 0 saturated heterocycles. The predicted octanol–water partition coefficient (Wildman–Crippen LogP) is 1.14. The van der Waals surface area contributed by atoms with Crippen LogP contribution in [-0.2, 0) is 10.0 Å². The number of anilines is 1. The maximum absolute atomic E-state index is 11.7. The van der Waals surface area contributed by atoms with E-state index < -0.39 is 21.2 Å². The zero-order valence-electron chi connectivity index (χ0n) is 8.81. The van der Waals surface area contributed by atoms with Gasteiger partial charge in [-0.1, -0.05) is 11.6 Å². The molecule has 0 bridgehead atoms. The molecule has 0 atom stereocenters. The van der Waals surface area contributed by atoms with Crippen molar-refractivity contribution in [1.82, 2.24) is 4.72 Å². The Morgan fingerprint density at radius 3 is 2.59 bits per heavy atom. The Morgan fingerprint density at radius 2 is 2.06 bits per heavy atom. The van der Waals surface area contributed by atoms with E-state index in [0.29, 0.717) is 17.9 Å². The standard InChI is InChI=1S/C10H11ClN2O3S/c11-8-4-1-6(5-9(8)12)10(14)13-17(15,16)7-2-3-7/h1,4-5,7H,2-3,12H2,(H,13,14). The Kier molecular flexibility index (Phi) is 3.01. The van der Waals surface area contributed by atoms with E-state index in [-0.39, 0.29) is 11.3 Å². The lowest BCUT2D eigenvalue weighted by molar-refractivity contribution is 0.0981. The van der Waals surface area contributed by atoms with Crippen molar-refractivity contribution in [2.24, 2.45) is 0 Å². The van der Waals surface area contributed by atoms with Crippen LogP contribution in [-0.4, -0.2) is 19.6 Å². The molecule has 92 valence electrons. The zero-order valence-corrected chi connectivity index (χ0v) is 10.4. The summed E-state index contributed by atoms with van der Waals surface area (Å²) in [5, 5.41) is -0.109. The monoisotopic (exact) mass is 274 g/mol. The number of halogens is 1. The van der Waals surface area contributed by atoms with Crippen molar-refractivity contribution < 1.29 is 13.2 Å². The number of nitrogens with two attached hydrogens (primary N) is 1. The van der Waals surface area contributed by atoms with Gasteiger partial charge in [-0.3, -0.25) is 4.79 Å². The third-order valence-electron chi connectivity index (χ3n) is 2.46. The zero-order chi connectivity index (χ0) is 12.6. The normalized spacial score (nSPS) is 15.6. The van der Waals surface area contributed by atoms with Crippen LogP contribution < -0.4 is 10.5 Å². The molecule has 5 nitrogen and oxygen atoms in total. The van der Waals surface area contributed by atoms with E-state index in [9.17, 15) is 13.2 Å². The molecule has 2 rings (SSSR count). The first-order chi connectivity index (χ1) is 7.90. The molecule has 1 amide bonds. The summed E-state index contributed by atoms with van der Waals surface area (Å²) in [5.74, 6) is -0.680. The van der Waals surface area contributed by atoms with Crippen molar-refractivity contribution in [3.05, 3.63) is 28.8 Å². The number of benzene rings is 1. The van der Waals surface area contributed by atoms with E-state index in [0.717, 1.165) is 0 Å². The van der Waals surface area contributed by atoms with Gasteiger partial charge in [0.25, 0.3) is 5.91 Å². The summed E-state index contributed by atoms with van der Waals surface area (Å²) in [5.41, 5.74) is 5.95. The molecular formula is C10H11ClN2O3S. The molecule has 1 fully saturated rings. The molecule has 0 unspecified atom stereocenters. The molecule has 1 saturated carbocycles. The molecule has 1 aliphatic carbocycles. The number of hydrogen-bond donors (Lipinski definition) is 2. The quantitative estimate of drug-likeness (QED) is 0.809. The van der Waals surface area contributed by atoms with Crippen LogP contribution in [0, 0.1) is 0 Å². The Bertz CT molecular complexity index is 567. The van der Waals surface area contributed by atoms with Gasteiger partial charge < -0.3 is 5.73 Å². The molecular weight excluding hydrogens is 264 g/mol. The first-order valence-electron chi connectivity index (χ1n) is 5.01. The highest BCUT2D eigenvalue weighted by Crippen LogP contribution is 2.27. The smallest absolute Gasteiger partial charge is 0.264 e. The first kappa shape index (κ1) is 12.2. The van der Waals surface area contributed by atoms with Crippen LogP contribution in [0.5, 0.6) is 0 Å². The highest BCUT2D eigenvalue weighted by atomic mass is 35.5. The number of carbonyl (C=O) groups is 1. The van der Waals surface area contributed by atoms with Crippen molar-refractivity contribution >= 4 is 33.2 Å². The molecule has 1 aliphatic rings. The van der Waals surface area contributed by atoms with Crippen LogP contribution in [0.1, 0.15) is 23.2 Å². The van der Waals surface area contributed by atoms with Gasteiger partial charge in [-0.15, -0.1) is 0 Å². The second-order valence-electron chi connectivity index (χ2n) is 3.91. The Morgan fingerprint density at radius 1 is 1.41 bits per heavy atom. The van der Waals surface area contributed by atoms with Gasteiger partial charge in [0, 0.05) is 5.56 Å². The largest absolute Gasteiger partial charge is 0.398 e. The maximum atomic E-state index is 11.7. The molecule has 0 heterocycles. The summed E-state index contributed by atoms with van der Waals surface area (Å²) in [6.07, 6.45) is 1.21. The number of sulfonamides is 1. The minimum absolute atomic E-state index is 0.177. The van der Waals surface area contributed by atoms with E-state index in [1.807, 2.05) is 4.72 Å². The fourth-order valence-corrected chi connectivity index (χ4v) is 2.75. The number of carbonyl (C=O) groups excluding carboxylic acids is 1. The number of nitrogens with one attached hydrogen (secondary N) is 1. The van der Waals surface area contributed by atoms with E-state index in [4.69, 9.17) is 17.3 Å². The Hall–Kier alpha value is -1.27. The van der Waals surface area contributed by atoms with Gasteiger partial charge in [-0.25, -0.2) is 13.1 Å². The molecule has 0 aromatic heterocycles. The molecule has 0 spiro atoms. The van der Waals surface area contributed by atoms with Crippen LogP contribution in [0.15, 0.2) is 18.2 Å². The van der Waals surface area contributed by atoms with Crippen LogP contribution in [0.3, 0.4) is 0 Å². The van der Waals surface area contributed by atoms with Crippen molar-refractivity contribution in [3.8, 4) is 0 Å². The summed E-state index contributed by atoms with van der Waals surface area (Å²) in [6, 6.07) is 4.23. The third kappa shape index (κ3) is 2.70. The van der Waals surface area contributed by atoms with Gasteiger partial charge in [-0.05, 0) is 31.0 Å². The number of rotatable bonds is 3. The second kappa shape index (κ2) is 4.19. The number of amides is 1. The van der Waals surface area contributed by atoms with E-state index in [1.165, 1.54) is 18.2 Å². The fourth-order valence-electron chi connectivity index (χ4n) is 1.33. The van der Waals surface area contributed by atoms with Gasteiger partial charge >= 0.3 is 0 Å². The van der Waals surface area contributed by atoms with Crippen LogP contribution in [0.25, 0.3) is 0 Å². The average Bonchev–Trinajstić information content (AvgIpc) is 3.04. The van der Waals surface area contributed by atoms with Gasteiger partial charge in [-0.2, -0.15) is 0 Å². The molecule has 1 aromatic carbocycles. The van der Waals surface area contributed by atoms with Crippen LogP contribution in [0.4, 0.5) is 5.69 Å². The predicted molar refractivity (Wildman–Crippen MR) is 65.3 cm³/mol. The van der Waals surface area contributed by atoms with E-state index >= 15 is 0 Å². The molecule has 0 aliphatic heterocycles. The van der Waals surface area contributed by atoms with Gasteiger partial charge in [0.05, 0.1) is 16.0 Å². The second-order valence-corrected chi connectivity index (χ2v) is 6.28.